The second kappa shape index (κ2) is 6.68. The zero-order valence-corrected chi connectivity index (χ0v) is 14.4. The van der Waals surface area contributed by atoms with Crippen LogP contribution < -0.4 is 15.4 Å². The molecular formula is C11H20BrN5O2S. The highest BCUT2D eigenvalue weighted by Crippen LogP contribution is 2.26. The molecule has 0 fully saturated rings. The zero-order chi connectivity index (χ0) is 15.4. The molecule has 20 heavy (non-hydrogen) atoms. The van der Waals surface area contributed by atoms with Crippen LogP contribution >= 0.6 is 15.9 Å². The van der Waals surface area contributed by atoms with Crippen LogP contribution in [0.3, 0.4) is 0 Å². The molecule has 0 aliphatic rings. The van der Waals surface area contributed by atoms with Crippen molar-refractivity contribution in [1.29, 1.82) is 0 Å². The van der Waals surface area contributed by atoms with Gasteiger partial charge in [0, 0.05) is 18.6 Å². The van der Waals surface area contributed by atoms with Gasteiger partial charge in [0.2, 0.25) is 10.0 Å². The second-order valence-corrected chi connectivity index (χ2v) is 7.57. The molecular weight excluding hydrogens is 346 g/mol. The van der Waals surface area contributed by atoms with E-state index in [2.05, 4.69) is 41.3 Å². The van der Waals surface area contributed by atoms with Crippen LogP contribution in [0.1, 0.15) is 20.8 Å². The number of halogens is 1. The topological polar surface area (TPSA) is 96.0 Å². The molecule has 0 aliphatic heterocycles. The number of sulfonamides is 1. The van der Waals surface area contributed by atoms with Crippen LogP contribution in [0.4, 0.5) is 11.6 Å². The lowest BCUT2D eigenvalue weighted by molar-refractivity contribution is 0.475. The third-order valence-corrected chi connectivity index (χ3v) is 3.97. The van der Waals surface area contributed by atoms with Crippen molar-refractivity contribution in [1.82, 2.24) is 14.7 Å². The third kappa shape index (κ3) is 5.59. The van der Waals surface area contributed by atoms with Crippen molar-refractivity contribution < 1.29 is 8.42 Å². The summed E-state index contributed by atoms with van der Waals surface area (Å²) in [6.07, 6.45) is 2.58. The summed E-state index contributed by atoms with van der Waals surface area (Å²) in [5, 5.41) is 6.21. The first-order valence-corrected chi connectivity index (χ1v) is 8.80. The predicted molar refractivity (Wildman–Crippen MR) is 84.4 cm³/mol. The maximum Gasteiger partial charge on any atom is 0.209 e. The molecule has 7 nitrogen and oxygen atoms in total. The number of nitrogens with zero attached hydrogens (tertiary/aromatic N) is 2. The van der Waals surface area contributed by atoms with Crippen molar-refractivity contribution >= 4 is 37.6 Å². The van der Waals surface area contributed by atoms with Crippen LogP contribution in [0, 0.1) is 0 Å². The monoisotopic (exact) mass is 365 g/mol. The minimum Gasteiger partial charge on any atom is -0.369 e. The minimum absolute atomic E-state index is 0.390. The largest absolute Gasteiger partial charge is 0.369 e. The molecule has 3 N–H and O–H groups in total. The van der Waals surface area contributed by atoms with Gasteiger partial charge in [0.25, 0.3) is 0 Å². The zero-order valence-electron chi connectivity index (χ0n) is 12.0. The Morgan fingerprint density at radius 2 is 1.80 bits per heavy atom. The Kier molecular flexibility index (Phi) is 5.72. The van der Waals surface area contributed by atoms with E-state index in [0.29, 0.717) is 18.2 Å². The molecule has 1 aromatic heterocycles. The predicted octanol–water partition coefficient (Wildman–Crippen LogP) is 1.41. The van der Waals surface area contributed by atoms with Crippen molar-refractivity contribution in [2.24, 2.45) is 0 Å². The van der Waals surface area contributed by atoms with E-state index < -0.39 is 15.6 Å². The van der Waals surface area contributed by atoms with Crippen LogP contribution in [0.15, 0.2) is 10.8 Å². The average molecular weight is 366 g/mol. The molecule has 0 bridgehead atoms. The Balaban J connectivity index is 2.77. The Hall–Kier alpha value is -0.930. The highest BCUT2D eigenvalue weighted by molar-refractivity contribution is 9.10. The van der Waals surface area contributed by atoms with Gasteiger partial charge in [-0.25, -0.2) is 23.1 Å². The molecule has 0 unspecified atom stereocenters. The second-order valence-electron chi connectivity index (χ2n) is 5.03. The van der Waals surface area contributed by atoms with E-state index in [9.17, 15) is 8.42 Å². The Morgan fingerprint density at radius 1 is 1.25 bits per heavy atom. The quantitative estimate of drug-likeness (QED) is 0.675. The molecule has 0 atom stereocenters. The molecule has 0 aliphatic carbocycles. The molecule has 0 aromatic carbocycles. The van der Waals surface area contributed by atoms with Gasteiger partial charge >= 0.3 is 0 Å². The summed E-state index contributed by atoms with van der Waals surface area (Å²) in [7, 11) is -3.26. The van der Waals surface area contributed by atoms with Crippen LogP contribution in [-0.2, 0) is 10.0 Å². The average Bonchev–Trinajstić information content (AvgIpc) is 2.27. The van der Waals surface area contributed by atoms with E-state index in [1.54, 1.807) is 13.8 Å². The Labute approximate surface area is 128 Å². The maximum atomic E-state index is 11.3. The SMILES string of the molecule is CCNc1ncnc(NCC(C)(C)NS(C)(=O)=O)c1Br. The number of nitrogens with one attached hydrogen (secondary N) is 3. The van der Waals surface area contributed by atoms with E-state index in [-0.39, 0.29) is 0 Å². The summed E-state index contributed by atoms with van der Waals surface area (Å²) in [5.41, 5.74) is -0.629. The van der Waals surface area contributed by atoms with Crippen molar-refractivity contribution in [2.75, 3.05) is 30.0 Å². The normalized spacial score (nSPS) is 12.2. The highest BCUT2D eigenvalue weighted by atomic mass is 79.9. The van der Waals surface area contributed by atoms with Crippen LogP contribution in [0.5, 0.6) is 0 Å². The molecule has 0 spiro atoms. The standard InChI is InChI=1S/C11H20BrN5O2S/c1-5-13-9-8(12)10(16-7-15-9)14-6-11(2,3)17-20(4,18)19/h7,17H,5-6H2,1-4H3,(H2,13,14,15,16). The fourth-order valence-electron chi connectivity index (χ4n) is 1.63. The van der Waals surface area contributed by atoms with Gasteiger partial charge in [-0.1, -0.05) is 0 Å². The van der Waals surface area contributed by atoms with Crippen LogP contribution in [-0.4, -0.2) is 43.3 Å². The maximum absolute atomic E-state index is 11.3. The van der Waals surface area contributed by atoms with E-state index in [4.69, 9.17) is 0 Å². The summed E-state index contributed by atoms with van der Waals surface area (Å²) in [6.45, 7) is 6.70. The molecule has 9 heteroatoms. The van der Waals surface area contributed by atoms with Gasteiger partial charge in [-0.05, 0) is 36.7 Å². The first-order chi connectivity index (χ1) is 9.14. The highest BCUT2D eigenvalue weighted by Gasteiger charge is 2.22. The smallest absolute Gasteiger partial charge is 0.209 e. The number of hydrogen-bond acceptors (Lipinski definition) is 6. The molecule has 0 saturated heterocycles. The van der Waals surface area contributed by atoms with Crippen LogP contribution in [0.2, 0.25) is 0 Å². The number of rotatable bonds is 7. The number of aromatic nitrogens is 2. The summed E-state index contributed by atoms with van der Waals surface area (Å²) in [4.78, 5) is 8.25. The van der Waals surface area contributed by atoms with Gasteiger partial charge in [-0.2, -0.15) is 0 Å². The fraction of sp³-hybridized carbons (Fsp3) is 0.636. The van der Waals surface area contributed by atoms with Gasteiger partial charge in [0.05, 0.1) is 6.26 Å². The summed E-state index contributed by atoms with van der Waals surface area (Å²) < 4.78 is 25.8. The van der Waals surface area contributed by atoms with Gasteiger partial charge in [-0.3, -0.25) is 0 Å². The molecule has 0 amide bonds. The summed E-state index contributed by atoms with van der Waals surface area (Å²) in [6, 6.07) is 0. The fourth-order valence-corrected chi connectivity index (χ4v) is 3.19. The van der Waals surface area contributed by atoms with Gasteiger partial charge in [0.15, 0.2) is 0 Å². The number of anilines is 2. The third-order valence-electron chi connectivity index (χ3n) is 2.29. The summed E-state index contributed by atoms with van der Waals surface area (Å²) >= 11 is 3.42. The molecule has 1 heterocycles. The van der Waals surface area contributed by atoms with Gasteiger partial charge in [0.1, 0.15) is 22.4 Å². The Morgan fingerprint density at radius 3 is 2.30 bits per heavy atom. The van der Waals surface area contributed by atoms with Crippen molar-refractivity contribution in [2.45, 2.75) is 26.3 Å². The van der Waals surface area contributed by atoms with Gasteiger partial charge in [-0.15, -0.1) is 0 Å². The lowest BCUT2D eigenvalue weighted by Crippen LogP contribution is -2.47. The lowest BCUT2D eigenvalue weighted by atomic mass is 10.1. The molecule has 1 aromatic rings. The lowest BCUT2D eigenvalue weighted by Gasteiger charge is -2.25. The first kappa shape index (κ1) is 17.1. The van der Waals surface area contributed by atoms with Crippen LogP contribution in [0.25, 0.3) is 0 Å². The van der Waals surface area contributed by atoms with E-state index in [0.717, 1.165) is 17.3 Å². The summed E-state index contributed by atoms with van der Waals surface area (Å²) in [5.74, 6) is 1.30. The van der Waals surface area contributed by atoms with Crippen molar-refractivity contribution in [3.63, 3.8) is 0 Å². The molecule has 114 valence electrons. The van der Waals surface area contributed by atoms with Crippen molar-refractivity contribution in [3.05, 3.63) is 10.8 Å². The molecule has 1 rings (SSSR count). The van der Waals surface area contributed by atoms with E-state index in [1.807, 2.05) is 6.92 Å². The Bertz CT molecular complexity index is 562. The van der Waals surface area contributed by atoms with Crippen molar-refractivity contribution in [3.8, 4) is 0 Å². The van der Waals surface area contributed by atoms with E-state index in [1.165, 1.54) is 6.33 Å². The van der Waals surface area contributed by atoms with Gasteiger partial charge < -0.3 is 10.6 Å². The minimum atomic E-state index is -3.26. The number of hydrogen-bond donors (Lipinski definition) is 3. The van der Waals surface area contributed by atoms with E-state index >= 15 is 0 Å². The first-order valence-electron chi connectivity index (χ1n) is 6.12. The molecule has 0 saturated carbocycles. The molecule has 0 radical (unpaired) electrons.